The normalized spacial score (nSPS) is 9.50. The maximum atomic E-state index is 10.1. The molecule has 0 amide bonds. The molecule has 0 aromatic carbocycles. The van der Waals surface area contributed by atoms with Crippen LogP contribution < -0.4 is 10.2 Å². The molecule has 0 N–H and O–H groups in total. The summed E-state index contributed by atoms with van der Waals surface area (Å²) in [6.45, 7) is 10.7. The molecule has 0 heterocycles. The zero-order chi connectivity index (χ0) is 16.2. The second-order valence-electron chi connectivity index (χ2n) is 5.16. The van der Waals surface area contributed by atoms with Gasteiger partial charge in [-0.05, 0) is 0 Å². The molecular formula is C17H38O2Sn. The average molecular weight is 393 g/mol. The van der Waals surface area contributed by atoms with Crippen molar-refractivity contribution in [3.8, 4) is 0 Å². The molecule has 0 rings (SSSR count). The van der Waals surface area contributed by atoms with Gasteiger partial charge in [-0.1, -0.05) is 65.2 Å². The first-order valence-electron chi connectivity index (χ1n) is 8.42. The van der Waals surface area contributed by atoms with Gasteiger partial charge in [-0.25, -0.2) is 0 Å². The summed E-state index contributed by atoms with van der Waals surface area (Å²) in [6.07, 6.45) is 7.05. The van der Waals surface area contributed by atoms with Gasteiger partial charge in [0, 0.05) is 0 Å². The molecule has 0 aromatic heterocycles. The van der Waals surface area contributed by atoms with Crippen LogP contribution in [-0.2, 0) is 0 Å². The van der Waals surface area contributed by atoms with Gasteiger partial charge in [0.1, 0.15) is 0 Å². The van der Waals surface area contributed by atoms with Crippen LogP contribution in [-0.4, -0.2) is 34.4 Å². The zero-order valence-corrected chi connectivity index (χ0v) is 17.7. The fourth-order valence-corrected chi connectivity index (χ4v) is 3.42. The summed E-state index contributed by atoms with van der Waals surface area (Å²) < 4.78 is 1.58. The second kappa shape index (κ2) is 24.7. The Morgan fingerprint density at radius 3 is 1.15 bits per heavy atom. The van der Waals surface area contributed by atoms with Crippen molar-refractivity contribution in [2.45, 2.75) is 82.5 Å². The van der Waals surface area contributed by atoms with Crippen molar-refractivity contribution in [3.05, 3.63) is 0 Å². The Morgan fingerprint density at radius 1 is 0.750 bits per heavy atom. The van der Waals surface area contributed by atoms with Crippen molar-refractivity contribution in [2.24, 2.45) is 11.8 Å². The Hall–Kier alpha value is 0.719. The summed E-state index contributed by atoms with van der Waals surface area (Å²) in [5, 5.41) is 20.2. The maximum absolute atomic E-state index is 10.1. The van der Waals surface area contributed by atoms with Gasteiger partial charge in [0.05, 0.1) is 0 Å². The predicted molar refractivity (Wildman–Crippen MR) is 89.2 cm³/mol. The number of hydrogen-bond donors (Lipinski definition) is 0. The molecule has 0 aliphatic carbocycles. The summed E-state index contributed by atoms with van der Waals surface area (Å²) in [5.41, 5.74) is 0. The molecule has 2 nitrogen and oxygen atoms in total. The topological polar surface area (TPSA) is 46.1 Å². The Balaban J connectivity index is -0.000000218. The van der Waals surface area contributed by atoms with Crippen LogP contribution in [0.25, 0.3) is 0 Å². The van der Waals surface area contributed by atoms with Crippen LogP contribution in [0.4, 0.5) is 0 Å². The van der Waals surface area contributed by atoms with Crippen LogP contribution >= 0.6 is 0 Å². The molecule has 0 aliphatic heterocycles. The third-order valence-corrected chi connectivity index (χ3v) is 6.00. The van der Waals surface area contributed by atoms with Crippen molar-refractivity contribution in [1.29, 1.82) is 0 Å². The van der Waals surface area contributed by atoms with E-state index < -0.39 is 0 Å². The zero-order valence-electron chi connectivity index (χ0n) is 14.8. The van der Waals surface area contributed by atoms with E-state index in [1.54, 1.807) is 4.44 Å². The van der Waals surface area contributed by atoms with Crippen LogP contribution in [0.1, 0.15) is 73.1 Å². The van der Waals surface area contributed by atoms with E-state index in [9.17, 15) is 10.2 Å². The molecule has 0 spiro atoms. The summed E-state index contributed by atoms with van der Waals surface area (Å²) >= 11 is 0.190. The molecule has 0 unspecified atom stereocenters. The molecule has 0 aromatic rings. The SMILES string of the molecule is CCC(CC)C[O-].CCC(CC)C[O-].CCC[CH2][Sn+2][CH3]. The molecule has 122 valence electrons. The van der Waals surface area contributed by atoms with Crippen LogP contribution in [0.5, 0.6) is 0 Å². The molecule has 0 radical (unpaired) electrons. The molecule has 0 aliphatic rings. The van der Waals surface area contributed by atoms with Crippen molar-refractivity contribution in [2.75, 3.05) is 13.2 Å². The first kappa shape index (κ1) is 25.7. The number of unbranched alkanes of at least 4 members (excludes halogenated alkanes) is 1. The third-order valence-electron chi connectivity index (χ3n) is 3.56. The summed E-state index contributed by atoms with van der Waals surface area (Å²) in [4.78, 5) is 2.40. The van der Waals surface area contributed by atoms with Crippen molar-refractivity contribution < 1.29 is 10.2 Å². The molecule has 0 atom stereocenters. The average Bonchev–Trinajstić information content (AvgIpc) is 2.50. The molecule has 0 fully saturated rings. The van der Waals surface area contributed by atoms with Crippen LogP contribution in [0.3, 0.4) is 0 Å². The Labute approximate surface area is 139 Å². The van der Waals surface area contributed by atoms with E-state index in [2.05, 4.69) is 39.6 Å². The van der Waals surface area contributed by atoms with Gasteiger partial charge in [-0.3, -0.25) is 0 Å². The van der Waals surface area contributed by atoms with Gasteiger partial charge in [0.25, 0.3) is 0 Å². The van der Waals surface area contributed by atoms with Crippen LogP contribution in [0, 0.1) is 11.8 Å². The minimum atomic E-state index is 0.104. The predicted octanol–water partition coefficient (Wildman–Crippen LogP) is 3.52. The Kier molecular flexibility index (Phi) is 31.7. The monoisotopic (exact) mass is 394 g/mol. The van der Waals surface area contributed by atoms with Crippen LogP contribution in [0.15, 0.2) is 0 Å². The number of rotatable bonds is 9. The van der Waals surface area contributed by atoms with Crippen molar-refractivity contribution in [3.63, 3.8) is 0 Å². The van der Waals surface area contributed by atoms with E-state index in [1.165, 1.54) is 12.8 Å². The fraction of sp³-hybridized carbons (Fsp3) is 1.00. The first-order chi connectivity index (χ1) is 9.61. The standard InChI is InChI=1S/2C6H13O.C4H9.CH3.Sn/c2*1-3-6(4-2)5-7;1-3-4-2;;/h2*6H,3-5H2,1-2H3;1,3-4H2,2H3;1H3;/q2*-1;;;+2. The Morgan fingerprint density at radius 2 is 1.10 bits per heavy atom. The van der Waals surface area contributed by atoms with E-state index in [0.717, 1.165) is 25.7 Å². The third kappa shape index (κ3) is 23.8. The van der Waals surface area contributed by atoms with Crippen LogP contribution in [0.2, 0.25) is 9.38 Å². The molecule has 3 heteroatoms. The van der Waals surface area contributed by atoms with E-state index in [0.29, 0.717) is 11.8 Å². The molecule has 0 bridgehead atoms. The van der Waals surface area contributed by atoms with Gasteiger partial charge in [-0.2, -0.15) is 0 Å². The van der Waals surface area contributed by atoms with Crippen molar-refractivity contribution in [1.82, 2.24) is 0 Å². The fourth-order valence-electron chi connectivity index (χ4n) is 1.40. The van der Waals surface area contributed by atoms with E-state index in [-0.39, 0.29) is 34.4 Å². The van der Waals surface area contributed by atoms with Crippen molar-refractivity contribution >= 4 is 21.1 Å². The summed E-state index contributed by atoms with van der Waals surface area (Å²) in [7, 11) is 0. The second-order valence-corrected chi connectivity index (χ2v) is 8.60. The molecule has 0 saturated carbocycles. The molecule has 0 saturated heterocycles. The molecular weight excluding hydrogens is 355 g/mol. The minimum absolute atomic E-state index is 0.104. The summed E-state index contributed by atoms with van der Waals surface area (Å²) in [5.74, 6) is 0.861. The molecule has 20 heavy (non-hydrogen) atoms. The van der Waals surface area contributed by atoms with Gasteiger partial charge < -0.3 is 10.2 Å². The van der Waals surface area contributed by atoms with Gasteiger partial charge in [0.15, 0.2) is 0 Å². The van der Waals surface area contributed by atoms with E-state index >= 15 is 0 Å². The van der Waals surface area contributed by atoms with E-state index in [1.807, 2.05) is 0 Å². The van der Waals surface area contributed by atoms with Gasteiger partial charge in [-0.15, -0.1) is 13.2 Å². The Bertz CT molecular complexity index is 108. The van der Waals surface area contributed by atoms with Gasteiger partial charge in [0.2, 0.25) is 0 Å². The summed E-state index contributed by atoms with van der Waals surface area (Å²) in [6, 6.07) is 0. The van der Waals surface area contributed by atoms with E-state index in [4.69, 9.17) is 0 Å². The quantitative estimate of drug-likeness (QED) is 0.445. The number of hydrogen-bond acceptors (Lipinski definition) is 2. The first-order valence-corrected chi connectivity index (χ1v) is 13.3. The van der Waals surface area contributed by atoms with Gasteiger partial charge >= 0.3 is 50.3 Å².